The number of nitrogens with one attached hydrogen (secondary N) is 2. The van der Waals surface area contributed by atoms with Gasteiger partial charge in [0.15, 0.2) is 5.11 Å². The Labute approximate surface area is 180 Å². The lowest BCUT2D eigenvalue weighted by molar-refractivity contribution is 0.395. The van der Waals surface area contributed by atoms with Crippen LogP contribution in [-0.4, -0.2) is 29.1 Å². The summed E-state index contributed by atoms with van der Waals surface area (Å²) in [5.74, 6) is 1.35. The van der Waals surface area contributed by atoms with Gasteiger partial charge in [0, 0.05) is 11.1 Å². The summed E-state index contributed by atoms with van der Waals surface area (Å²) in [6.45, 7) is 4.57. The quantitative estimate of drug-likeness (QED) is 0.535. The second kappa shape index (κ2) is 9.15. The topological polar surface area (TPSA) is 60.3 Å². The lowest BCUT2D eigenvalue weighted by atomic mass is 10.2. The van der Waals surface area contributed by atoms with Gasteiger partial charge in [-0.15, -0.1) is 0 Å². The van der Waals surface area contributed by atoms with E-state index in [-0.39, 0.29) is 0 Å². The molecule has 2 aromatic carbocycles. The molecule has 2 N–H and O–H groups in total. The predicted molar refractivity (Wildman–Crippen MR) is 122 cm³/mol. The number of anilines is 2. The van der Waals surface area contributed by atoms with Crippen molar-refractivity contribution < 1.29 is 9.47 Å². The fourth-order valence-corrected chi connectivity index (χ4v) is 3.43. The normalized spacial score (nSPS) is 10.5. The van der Waals surface area contributed by atoms with Gasteiger partial charge in [-0.05, 0) is 55.9 Å². The van der Waals surface area contributed by atoms with Gasteiger partial charge >= 0.3 is 0 Å². The standard InChI is InChI=1S/C21H23ClN4O2S/c1-13-20(14(2)26(25-13)12-15-6-5-7-16(22)10-15)24-21(29)23-18-9-8-17(27-3)11-19(18)28-4/h5-11H,12H2,1-4H3,(H2,23,24,29). The average Bonchev–Trinajstić information content (AvgIpc) is 2.95. The summed E-state index contributed by atoms with van der Waals surface area (Å²) in [6, 6.07) is 13.2. The maximum Gasteiger partial charge on any atom is 0.175 e. The van der Waals surface area contributed by atoms with Gasteiger partial charge in [-0.3, -0.25) is 4.68 Å². The molecule has 8 heteroatoms. The van der Waals surface area contributed by atoms with Gasteiger partial charge in [0.2, 0.25) is 0 Å². The molecule has 3 rings (SSSR count). The summed E-state index contributed by atoms with van der Waals surface area (Å²) in [5.41, 5.74) is 4.53. The van der Waals surface area contributed by atoms with Crippen LogP contribution in [0.1, 0.15) is 17.0 Å². The molecule has 1 heterocycles. The third-order valence-corrected chi connectivity index (χ3v) is 4.94. The highest BCUT2D eigenvalue weighted by Crippen LogP contribution is 2.29. The minimum Gasteiger partial charge on any atom is -0.497 e. The number of methoxy groups -OCH3 is 2. The number of halogens is 1. The Hall–Kier alpha value is -2.77. The zero-order chi connectivity index (χ0) is 21.0. The molecule has 0 radical (unpaired) electrons. The number of hydrogen-bond acceptors (Lipinski definition) is 4. The van der Waals surface area contributed by atoms with Crippen LogP contribution in [0.5, 0.6) is 11.5 Å². The predicted octanol–water partition coefficient (Wildman–Crippen LogP) is 5.03. The van der Waals surface area contributed by atoms with E-state index in [9.17, 15) is 0 Å². The molecule has 1 aromatic heterocycles. The number of aryl methyl sites for hydroxylation is 1. The van der Waals surface area contributed by atoms with Gasteiger partial charge in [0.05, 0.1) is 43.5 Å². The van der Waals surface area contributed by atoms with E-state index in [4.69, 9.17) is 33.3 Å². The molecule has 29 heavy (non-hydrogen) atoms. The van der Waals surface area contributed by atoms with Crippen molar-refractivity contribution >= 4 is 40.3 Å². The Morgan fingerprint density at radius 3 is 2.59 bits per heavy atom. The van der Waals surface area contributed by atoms with E-state index in [1.165, 1.54) is 0 Å². The maximum atomic E-state index is 6.09. The van der Waals surface area contributed by atoms with Gasteiger partial charge in [-0.1, -0.05) is 23.7 Å². The Bertz CT molecular complexity index is 1040. The minimum absolute atomic E-state index is 0.446. The molecule has 152 valence electrons. The Morgan fingerprint density at radius 2 is 1.90 bits per heavy atom. The van der Waals surface area contributed by atoms with E-state index >= 15 is 0 Å². The second-order valence-electron chi connectivity index (χ2n) is 6.48. The number of nitrogens with zero attached hydrogens (tertiary/aromatic N) is 2. The van der Waals surface area contributed by atoms with E-state index < -0.39 is 0 Å². The third kappa shape index (κ3) is 4.99. The SMILES string of the molecule is COc1ccc(NC(=S)Nc2c(C)nn(Cc3cccc(Cl)c3)c2C)c(OC)c1. The van der Waals surface area contributed by atoms with Crippen molar-refractivity contribution in [3.05, 3.63) is 64.4 Å². The number of ether oxygens (including phenoxy) is 2. The summed E-state index contributed by atoms with van der Waals surface area (Å²) in [6.07, 6.45) is 0. The fourth-order valence-electron chi connectivity index (χ4n) is 3.01. The highest BCUT2D eigenvalue weighted by molar-refractivity contribution is 7.80. The van der Waals surface area contributed by atoms with E-state index in [1.54, 1.807) is 20.3 Å². The van der Waals surface area contributed by atoms with Gasteiger partial charge in [0.1, 0.15) is 11.5 Å². The zero-order valence-corrected chi connectivity index (χ0v) is 18.3. The summed E-state index contributed by atoms with van der Waals surface area (Å²) in [7, 11) is 3.21. The van der Waals surface area contributed by atoms with Crippen molar-refractivity contribution in [2.45, 2.75) is 20.4 Å². The van der Waals surface area contributed by atoms with Crippen LogP contribution in [0.4, 0.5) is 11.4 Å². The van der Waals surface area contributed by atoms with Gasteiger partial charge in [-0.25, -0.2) is 0 Å². The first-order chi connectivity index (χ1) is 13.9. The largest absolute Gasteiger partial charge is 0.497 e. The lowest BCUT2D eigenvalue weighted by Gasteiger charge is -2.14. The van der Waals surface area contributed by atoms with Crippen LogP contribution in [-0.2, 0) is 6.54 Å². The molecular formula is C21H23ClN4O2S. The van der Waals surface area contributed by atoms with Crippen LogP contribution in [0.3, 0.4) is 0 Å². The Balaban J connectivity index is 1.75. The summed E-state index contributed by atoms with van der Waals surface area (Å²) in [4.78, 5) is 0. The van der Waals surface area contributed by atoms with Crippen LogP contribution in [0.25, 0.3) is 0 Å². The van der Waals surface area contributed by atoms with Gasteiger partial charge in [0.25, 0.3) is 0 Å². The Kier molecular flexibility index (Phi) is 6.61. The fraction of sp³-hybridized carbons (Fsp3) is 0.238. The monoisotopic (exact) mass is 430 g/mol. The number of aromatic nitrogens is 2. The first-order valence-corrected chi connectivity index (χ1v) is 9.78. The number of thiocarbonyl (C=S) groups is 1. The Morgan fingerprint density at radius 1 is 1.10 bits per heavy atom. The second-order valence-corrected chi connectivity index (χ2v) is 7.32. The molecule has 0 saturated heterocycles. The molecule has 6 nitrogen and oxygen atoms in total. The number of rotatable bonds is 6. The van der Waals surface area contributed by atoms with Crippen molar-refractivity contribution in [3.8, 4) is 11.5 Å². The smallest absolute Gasteiger partial charge is 0.175 e. The first kappa shape index (κ1) is 21.0. The van der Waals surface area contributed by atoms with Crippen molar-refractivity contribution in [3.63, 3.8) is 0 Å². The molecule has 0 aliphatic carbocycles. The van der Waals surface area contributed by atoms with Crippen molar-refractivity contribution in [1.29, 1.82) is 0 Å². The molecule has 0 unspecified atom stereocenters. The molecule has 0 bridgehead atoms. The molecule has 0 saturated carbocycles. The summed E-state index contributed by atoms with van der Waals surface area (Å²) < 4.78 is 12.6. The van der Waals surface area contributed by atoms with E-state index in [2.05, 4.69) is 15.7 Å². The molecule has 3 aromatic rings. The molecule has 0 spiro atoms. The van der Waals surface area contributed by atoms with E-state index in [0.29, 0.717) is 28.2 Å². The first-order valence-electron chi connectivity index (χ1n) is 8.99. The molecule has 0 amide bonds. The van der Waals surface area contributed by atoms with Crippen molar-refractivity contribution in [2.75, 3.05) is 24.9 Å². The van der Waals surface area contributed by atoms with Crippen molar-refractivity contribution in [2.24, 2.45) is 0 Å². The van der Waals surface area contributed by atoms with Crippen LogP contribution < -0.4 is 20.1 Å². The number of benzene rings is 2. The maximum absolute atomic E-state index is 6.09. The number of hydrogen-bond donors (Lipinski definition) is 2. The molecular weight excluding hydrogens is 408 g/mol. The lowest BCUT2D eigenvalue weighted by Crippen LogP contribution is -2.20. The van der Waals surface area contributed by atoms with E-state index in [1.807, 2.05) is 54.9 Å². The van der Waals surface area contributed by atoms with E-state index in [0.717, 1.165) is 28.3 Å². The summed E-state index contributed by atoms with van der Waals surface area (Å²) >= 11 is 11.6. The third-order valence-electron chi connectivity index (χ3n) is 4.50. The molecule has 0 aliphatic rings. The highest BCUT2D eigenvalue weighted by Gasteiger charge is 2.14. The minimum atomic E-state index is 0.446. The van der Waals surface area contributed by atoms with Crippen molar-refractivity contribution in [1.82, 2.24) is 9.78 Å². The van der Waals surface area contributed by atoms with Crippen LogP contribution >= 0.6 is 23.8 Å². The highest BCUT2D eigenvalue weighted by atomic mass is 35.5. The van der Waals surface area contributed by atoms with Crippen LogP contribution in [0, 0.1) is 13.8 Å². The molecule has 0 fully saturated rings. The van der Waals surface area contributed by atoms with Crippen LogP contribution in [0.2, 0.25) is 5.02 Å². The van der Waals surface area contributed by atoms with Gasteiger partial charge < -0.3 is 20.1 Å². The van der Waals surface area contributed by atoms with Gasteiger partial charge in [-0.2, -0.15) is 5.10 Å². The van der Waals surface area contributed by atoms with Crippen LogP contribution in [0.15, 0.2) is 42.5 Å². The zero-order valence-electron chi connectivity index (χ0n) is 16.7. The molecule has 0 atom stereocenters. The molecule has 0 aliphatic heterocycles. The average molecular weight is 431 g/mol. The summed E-state index contributed by atoms with van der Waals surface area (Å²) in [5, 5.41) is 12.2.